The molecule has 3 nitrogen and oxygen atoms in total. The van der Waals surface area contributed by atoms with Crippen LogP contribution in [0.5, 0.6) is 0 Å². The third-order valence-corrected chi connectivity index (χ3v) is 2.87. The molecular formula is C13H19NO2. The number of benzene rings is 1. The van der Waals surface area contributed by atoms with Gasteiger partial charge >= 0.3 is 0 Å². The maximum Gasteiger partial charge on any atom is 0.147 e. The standard InChI is InChI=1S/C13H19NO2/c1-10-3-4-13(11(2)7-10)14-8-12-5-6-15-9-16-12/h3-4,7,12,14H,5-6,8-9H2,1-2H3. The molecule has 0 aliphatic carbocycles. The lowest BCUT2D eigenvalue weighted by molar-refractivity contribution is -0.133. The molecule has 16 heavy (non-hydrogen) atoms. The second kappa shape index (κ2) is 5.32. The van der Waals surface area contributed by atoms with Crippen LogP contribution in [0.25, 0.3) is 0 Å². The number of anilines is 1. The number of rotatable bonds is 3. The molecule has 1 aliphatic rings. The lowest BCUT2D eigenvalue weighted by Crippen LogP contribution is -2.30. The molecule has 1 aliphatic heterocycles. The zero-order valence-corrected chi connectivity index (χ0v) is 9.95. The summed E-state index contributed by atoms with van der Waals surface area (Å²) in [6.07, 6.45) is 1.24. The van der Waals surface area contributed by atoms with Gasteiger partial charge in [0.15, 0.2) is 0 Å². The van der Waals surface area contributed by atoms with E-state index in [1.54, 1.807) is 0 Å². The van der Waals surface area contributed by atoms with E-state index in [4.69, 9.17) is 9.47 Å². The molecule has 1 N–H and O–H groups in total. The van der Waals surface area contributed by atoms with Gasteiger partial charge in [0.2, 0.25) is 0 Å². The Morgan fingerprint density at radius 3 is 2.94 bits per heavy atom. The van der Waals surface area contributed by atoms with Crippen molar-refractivity contribution in [3.05, 3.63) is 29.3 Å². The van der Waals surface area contributed by atoms with Crippen molar-refractivity contribution in [2.75, 3.05) is 25.3 Å². The molecule has 1 unspecified atom stereocenters. The lowest BCUT2D eigenvalue weighted by atomic mass is 10.1. The van der Waals surface area contributed by atoms with Crippen LogP contribution in [0.15, 0.2) is 18.2 Å². The number of aryl methyl sites for hydroxylation is 2. The molecular weight excluding hydrogens is 202 g/mol. The minimum atomic E-state index is 0.273. The first-order valence-electron chi connectivity index (χ1n) is 5.76. The SMILES string of the molecule is Cc1ccc(NCC2CCOCO2)c(C)c1. The molecule has 0 spiro atoms. The molecule has 1 atom stereocenters. The van der Waals surface area contributed by atoms with Crippen LogP contribution in [0.3, 0.4) is 0 Å². The van der Waals surface area contributed by atoms with Crippen LogP contribution in [0, 0.1) is 13.8 Å². The van der Waals surface area contributed by atoms with Gasteiger partial charge < -0.3 is 14.8 Å². The third-order valence-electron chi connectivity index (χ3n) is 2.87. The second-order valence-corrected chi connectivity index (χ2v) is 4.30. The van der Waals surface area contributed by atoms with Crippen molar-refractivity contribution in [2.24, 2.45) is 0 Å². The highest BCUT2D eigenvalue weighted by Gasteiger charge is 2.13. The molecule has 0 aromatic heterocycles. The first-order valence-corrected chi connectivity index (χ1v) is 5.76. The Morgan fingerprint density at radius 2 is 2.25 bits per heavy atom. The van der Waals surface area contributed by atoms with Gasteiger partial charge in [-0.1, -0.05) is 17.7 Å². The minimum Gasteiger partial charge on any atom is -0.382 e. The predicted molar refractivity (Wildman–Crippen MR) is 64.7 cm³/mol. The summed E-state index contributed by atoms with van der Waals surface area (Å²) in [5, 5.41) is 3.43. The molecule has 1 aromatic carbocycles. The van der Waals surface area contributed by atoms with Gasteiger partial charge in [-0.05, 0) is 31.9 Å². The fourth-order valence-electron chi connectivity index (χ4n) is 1.90. The maximum atomic E-state index is 5.48. The fraction of sp³-hybridized carbons (Fsp3) is 0.538. The normalized spacial score (nSPS) is 20.8. The molecule has 0 radical (unpaired) electrons. The van der Waals surface area contributed by atoms with Crippen molar-refractivity contribution >= 4 is 5.69 Å². The zero-order valence-electron chi connectivity index (χ0n) is 9.95. The summed E-state index contributed by atoms with van der Waals surface area (Å²) in [5.41, 5.74) is 3.78. The largest absolute Gasteiger partial charge is 0.382 e. The van der Waals surface area contributed by atoms with Gasteiger partial charge in [-0.3, -0.25) is 0 Å². The van der Waals surface area contributed by atoms with Crippen molar-refractivity contribution in [3.63, 3.8) is 0 Å². The monoisotopic (exact) mass is 221 g/mol. The molecule has 1 aromatic rings. The van der Waals surface area contributed by atoms with Crippen LogP contribution in [0.4, 0.5) is 5.69 Å². The molecule has 2 rings (SSSR count). The van der Waals surface area contributed by atoms with E-state index in [2.05, 4.69) is 37.4 Å². The highest BCUT2D eigenvalue weighted by molar-refractivity contribution is 5.51. The summed E-state index contributed by atoms with van der Waals surface area (Å²) in [4.78, 5) is 0. The van der Waals surface area contributed by atoms with E-state index in [1.165, 1.54) is 16.8 Å². The molecule has 0 saturated carbocycles. The number of hydrogen-bond acceptors (Lipinski definition) is 3. The van der Waals surface area contributed by atoms with Crippen molar-refractivity contribution in [1.82, 2.24) is 0 Å². The highest BCUT2D eigenvalue weighted by atomic mass is 16.7. The molecule has 0 amide bonds. The summed E-state index contributed by atoms with van der Waals surface area (Å²) in [6.45, 7) is 6.32. The van der Waals surface area contributed by atoms with E-state index in [1.807, 2.05) is 0 Å². The molecule has 1 heterocycles. The predicted octanol–water partition coefficient (Wildman–Crippen LogP) is 2.48. The summed E-state index contributed by atoms with van der Waals surface area (Å²) >= 11 is 0. The first kappa shape index (κ1) is 11.4. The van der Waals surface area contributed by atoms with Crippen LogP contribution in [-0.2, 0) is 9.47 Å². The number of nitrogens with one attached hydrogen (secondary N) is 1. The van der Waals surface area contributed by atoms with Gasteiger partial charge in [0.25, 0.3) is 0 Å². The third kappa shape index (κ3) is 2.97. The molecule has 1 saturated heterocycles. The smallest absolute Gasteiger partial charge is 0.147 e. The Hall–Kier alpha value is -1.06. The summed E-state index contributed by atoms with van der Waals surface area (Å²) in [6, 6.07) is 6.44. The Bertz CT molecular complexity index is 346. The molecule has 3 heteroatoms. The van der Waals surface area contributed by atoms with Gasteiger partial charge in [0.05, 0.1) is 12.7 Å². The van der Waals surface area contributed by atoms with Gasteiger partial charge in [0, 0.05) is 12.2 Å². The van der Waals surface area contributed by atoms with Crippen molar-refractivity contribution in [3.8, 4) is 0 Å². The lowest BCUT2D eigenvalue weighted by Gasteiger charge is -2.23. The fourth-order valence-corrected chi connectivity index (χ4v) is 1.90. The second-order valence-electron chi connectivity index (χ2n) is 4.30. The zero-order chi connectivity index (χ0) is 11.4. The topological polar surface area (TPSA) is 30.5 Å². The quantitative estimate of drug-likeness (QED) is 0.850. The van der Waals surface area contributed by atoms with Crippen LogP contribution >= 0.6 is 0 Å². The van der Waals surface area contributed by atoms with E-state index >= 15 is 0 Å². The van der Waals surface area contributed by atoms with E-state index in [-0.39, 0.29) is 6.10 Å². The van der Waals surface area contributed by atoms with E-state index < -0.39 is 0 Å². The number of ether oxygens (including phenoxy) is 2. The van der Waals surface area contributed by atoms with Gasteiger partial charge in [-0.2, -0.15) is 0 Å². The van der Waals surface area contributed by atoms with Crippen molar-refractivity contribution in [1.29, 1.82) is 0 Å². The van der Waals surface area contributed by atoms with Crippen LogP contribution < -0.4 is 5.32 Å². The van der Waals surface area contributed by atoms with Crippen molar-refractivity contribution in [2.45, 2.75) is 26.4 Å². The average Bonchev–Trinajstić information content (AvgIpc) is 2.29. The first-order chi connectivity index (χ1) is 7.75. The molecule has 1 fully saturated rings. The van der Waals surface area contributed by atoms with Crippen molar-refractivity contribution < 1.29 is 9.47 Å². The van der Waals surface area contributed by atoms with Gasteiger partial charge in [-0.25, -0.2) is 0 Å². The summed E-state index contributed by atoms with van der Waals surface area (Å²) in [7, 11) is 0. The molecule has 88 valence electrons. The van der Waals surface area contributed by atoms with E-state index in [0.29, 0.717) is 6.79 Å². The average molecular weight is 221 g/mol. The van der Waals surface area contributed by atoms with E-state index in [9.17, 15) is 0 Å². The van der Waals surface area contributed by atoms with Crippen LogP contribution in [-0.4, -0.2) is 26.0 Å². The van der Waals surface area contributed by atoms with Gasteiger partial charge in [0.1, 0.15) is 6.79 Å². The minimum absolute atomic E-state index is 0.273. The van der Waals surface area contributed by atoms with Gasteiger partial charge in [-0.15, -0.1) is 0 Å². The summed E-state index contributed by atoms with van der Waals surface area (Å²) < 4.78 is 10.6. The maximum absolute atomic E-state index is 5.48. The molecule has 0 bridgehead atoms. The number of hydrogen-bond donors (Lipinski definition) is 1. The van der Waals surface area contributed by atoms with Crippen LogP contribution in [0.1, 0.15) is 17.5 Å². The Kier molecular flexibility index (Phi) is 3.80. The summed E-state index contributed by atoms with van der Waals surface area (Å²) in [5.74, 6) is 0. The highest BCUT2D eigenvalue weighted by Crippen LogP contribution is 2.16. The Labute approximate surface area is 96.8 Å². The van der Waals surface area contributed by atoms with Crippen LogP contribution in [0.2, 0.25) is 0 Å². The Balaban J connectivity index is 1.88. The van der Waals surface area contributed by atoms with E-state index in [0.717, 1.165) is 19.6 Å². The Morgan fingerprint density at radius 1 is 1.38 bits per heavy atom.